The summed E-state index contributed by atoms with van der Waals surface area (Å²) in [6, 6.07) is 4.67. The van der Waals surface area contributed by atoms with Crippen LogP contribution in [0, 0.1) is 12.7 Å². The topological polar surface area (TPSA) is 66.4 Å². The van der Waals surface area contributed by atoms with Crippen LogP contribution in [0.4, 0.5) is 10.1 Å². The van der Waals surface area contributed by atoms with Crippen LogP contribution < -0.4 is 4.72 Å². The van der Waals surface area contributed by atoms with E-state index in [9.17, 15) is 12.8 Å². The van der Waals surface area contributed by atoms with E-state index in [2.05, 4.69) is 20.7 Å². The molecule has 102 valence electrons. The van der Waals surface area contributed by atoms with E-state index in [0.29, 0.717) is 8.66 Å². The van der Waals surface area contributed by atoms with Crippen LogP contribution in [0.3, 0.4) is 0 Å². The Morgan fingerprint density at radius 3 is 2.58 bits per heavy atom. The zero-order valence-electron chi connectivity index (χ0n) is 9.65. The van der Waals surface area contributed by atoms with Crippen molar-refractivity contribution in [2.24, 2.45) is 0 Å². The molecule has 0 unspecified atom stereocenters. The molecule has 0 aliphatic carbocycles. The molecule has 0 atom stereocenters. The summed E-state index contributed by atoms with van der Waals surface area (Å²) in [5.41, 5.74) is -0.209. The van der Waals surface area contributed by atoms with Gasteiger partial charge in [-0.3, -0.25) is 4.72 Å². The SMILES string of the molecule is Cc1sc(Br)cc1S(=O)(=O)Nc1ccc(O)cc1F. The lowest BCUT2D eigenvalue weighted by molar-refractivity contribution is 0.469. The van der Waals surface area contributed by atoms with E-state index in [1.807, 2.05) is 0 Å². The molecule has 2 rings (SSSR count). The van der Waals surface area contributed by atoms with Crippen LogP contribution in [0.2, 0.25) is 0 Å². The molecule has 0 amide bonds. The number of hydrogen-bond donors (Lipinski definition) is 2. The van der Waals surface area contributed by atoms with Crippen LogP contribution in [0.5, 0.6) is 5.75 Å². The first kappa shape index (κ1) is 14.3. The van der Waals surface area contributed by atoms with Crippen molar-refractivity contribution in [3.05, 3.63) is 38.7 Å². The third kappa shape index (κ3) is 3.07. The molecule has 0 bridgehead atoms. The standard InChI is InChI=1S/C11H9BrFNO3S2/c1-6-10(5-11(12)18-6)19(16,17)14-9-3-2-7(15)4-8(9)13/h2-5,14-15H,1H3. The lowest BCUT2D eigenvalue weighted by Gasteiger charge is -2.08. The monoisotopic (exact) mass is 365 g/mol. The van der Waals surface area contributed by atoms with E-state index in [0.717, 1.165) is 6.07 Å². The van der Waals surface area contributed by atoms with E-state index in [1.54, 1.807) is 6.92 Å². The molecule has 19 heavy (non-hydrogen) atoms. The molecule has 0 saturated heterocycles. The maximum atomic E-state index is 13.5. The van der Waals surface area contributed by atoms with Gasteiger partial charge >= 0.3 is 0 Å². The zero-order valence-corrected chi connectivity index (χ0v) is 12.9. The summed E-state index contributed by atoms with van der Waals surface area (Å²) in [5, 5.41) is 9.08. The van der Waals surface area contributed by atoms with Gasteiger partial charge < -0.3 is 5.11 Å². The van der Waals surface area contributed by atoms with Gasteiger partial charge in [-0.2, -0.15) is 0 Å². The van der Waals surface area contributed by atoms with Gasteiger partial charge in [-0.1, -0.05) is 0 Å². The molecule has 0 aliphatic heterocycles. The number of aryl methyl sites for hydroxylation is 1. The number of rotatable bonds is 3. The molecule has 1 heterocycles. The molecule has 0 fully saturated rings. The summed E-state index contributed by atoms with van der Waals surface area (Å²) in [6.07, 6.45) is 0. The average molecular weight is 366 g/mol. The Morgan fingerprint density at radius 2 is 2.05 bits per heavy atom. The number of nitrogens with one attached hydrogen (secondary N) is 1. The lowest BCUT2D eigenvalue weighted by Crippen LogP contribution is -2.14. The highest BCUT2D eigenvalue weighted by molar-refractivity contribution is 9.11. The third-order valence-corrected chi connectivity index (χ3v) is 5.50. The molecule has 4 nitrogen and oxygen atoms in total. The van der Waals surface area contributed by atoms with Crippen molar-refractivity contribution < 1.29 is 17.9 Å². The van der Waals surface area contributed by atoms with Crippen LogP contribution in [-0.2, 0) is 10.0 Å². The highest BCUT2D eigenvalue weighted by atomic mass is 79.9. The Bertz CT molecular complexity index is 728. The number of benzene rings is 1. The van der Waals surface area contributed by atoms with Crippen molar-refractivity contribution in [2.75, 3.05) is 4.72 Å². The maximum Gasteiger partial charge on any atom is 0.263 e. The molecule has 0 aliphatic rings. The van der Waals surface area contributed by atoms with Crippen molar-refractivity contribution in [1.82, 2.24) is 0 Å². The second-order valence-corrected chi connectivity index (χ2v) is 8.03. The van der Waals surface area contributed by atoms with E-state index >= 15 is 0 Å². The molecule has 1 aromatic carbocycles. The van der Waals surface area contributed by atoms with Gasteiger partial charge in [-0.05, 0) is 41.1 Å². The molecule has 0 spiro atoms. The molecule has 0 saturated carbocycles. The van der Waals surface area contributed by atoms with Crippen LogP contribution in [-0.4, -0.2) is 13.5 Å². The van der Waals surface area contributed by atoms with Gasteiger partial charge in [-0.25, -0.2) is 12.8 Å². The molecular weight excluding hydrogens is 357 g/mol. The highest BCUT2D eigenvalue weighted by Crippen LogP contribution is 2.31. The number of thiophene rings is 1. The number of anilines is 1. The minimum Gasteiger partial charge on any atom is -0.508 e. The Labute approximate surface area is 122 Å². The summed E-state index contributed by atoms with van der Waals surface area (Å²) in [7, 11) is -3.85. The minimum atomic E-state index is -3.85. The number of hydrogen-bond acceptors (Lipinski definition) is 4. The molecule has 8 heteroatoms. The Balaban J connectivity index is 2.39. The van der Waals surface area contributed by atoms with Gasteiger partial charge in [0.1, 0.15) is 10.6 Å². The Kier molecular flexibility index (Phi) is 3.84. The lowest BCUT2D eigenvalue weighted by atomic mass is 10.3. The van der Waals surface area contributed by atoms with Gasteiger partial charge in [0.2, 0.25) is 0 Å². The average Bonchev–Trinajstić information content (AvgIpc) is 2.63. The summed E-state index contributed by atoms with van der Waals surface area (Å²) < 4.78 is 40.6. The van der Waals surface area contributed by atoms with Crippen LogP contribution in [0.15, 0.2) is 32.9 Å². The predicted octanol–water partition coefficient (Wildman–Crippen LogP) is 3.46. The van der Waals surface area contributed by atoms with Crippen LogP contribution in [0.25, 0.3) is 0 Å². The molecule has 1 aromatic heterocycles. The molecule has 2 aromatic rings. The molecule has 0 radical (unpaired) electrons. The van der Waals surface area contributed by atoms with Gasteiger partial charge in [-0.15, -0.1) is 11.3 Å². The molecule has 2 N–H and O–H groups in total. The minimum absolute atomic E-state index is 0.0943. The van der Waals surface area contributed by atoms with Crippen molar-refractivity contribution in [3.8, 4) is 5.75 Å². The fourth-order valence-electron chi connectivity index (χ4n) is 1.48. The van der Waals surface area contributed by atoms with E-state index in [-0.39, 0.29) is 16.3 Å². The van der Waals surface area contributed by atoms with Crippen molar-refractivity contribution >= 4 is 43.0 Å². The van der Waals surface area contributed by atoms with Crippen LogP contribution in [0.1, 0.15) is 4.88 Å². The number of phenolic OH excluding ortho intramolecular Hbond substituents is 1. The first-order valence-electron chi connectivity index (χ1n) is 5.07. The Hall–Kier alpha value is -1.12. The zero-order chi connectivity index (χ0) is 14.2. The fourth-order valence-corrected chi connectivity index (χ4v) is 4.97. The van der Waals surface area contributed by atoms with Gasteiger partial charge in [0.25, 0.3) is 10.0 Å². The maximum absolute atomic E-state index is 13.5. The van der Waals surface area contributed by atoms with Gasteiger partial charge in [0.05, 0.1) is 9.47 Å². The van der Waals surface area contributed by atoms with E-state index in [4.69, 9.17) is 5.11 Å². The van der Waals surface area contributed by atoms with Crippen molar-refractivity contribution in [2.45, 2.75) is 11.8 Å². The predicted molar refractivity (Wildman–Crippen MR) is 75.6 cm³/mol. The number of halogens is 2. The smallest absolute Gasteiger partial charge is 0.263 e. The first-order chi connectivity index (χ1) is 8.79. The largest absolute Gasteiger partial charge is 0.508 e. The van der Waals surface area contributed by atoms with Crippen LogP contribution >= 0.6 is 27.3 Å². The number of phenols is 1. The third-order valence-electron chi connectivity index (χ3n) is 2.33. The number of aromatic hydroxyl groups is 1. The fraction of sp³-hybridized carbons (Fsp3) is 0.0909. The van der Waals surface area contributed by atoms with E-state index < -0.39 is 15.8 Å². The highest BCUT2D eigenvalue weighted by Gasteiger charge is 2.21. The molecular formula is C11H9BrFNO3S2. The van der Waals surface area contributed by atoms with Crippen molar-refractivity contribution in [3.63, 3.8) is 0 Å². The summed E-state index contributed by atoms with van der Waals surface area (Å²) in [6.45, 7) is 1.66. The summed E-state index contributed by atoms with van der Waals surface area (Å²) in [5.74, 6) is -1.11. The Morgan fingerprint density at radius 1 is 1.37 bits per heavy atom. The normalized spacial score (nSPS) is 11.5. The second-order valence-electron chi connectivity index (χ2n) is 3.74. The summed E-state index contributed by atoms with van der Waals surface area (Å²) >= 11 is 4.48. The quantitative estimate of drug-likeness (QED) is 0.818. The van der Waals surface area contributed by atoms with Crippen molar-refractivity contribution in [1.29, 1.82) is 0 Å². The van der Waals surface area contributed by atoms with E-state index in [1.165, 1.54) is 29.5 Å². The first-order valence-corrected chi connectivity index (χ1v) is 8.16. The van der Waals surface area contributed by atoms with Gasteiger partial charge in [0.15, 0.2) is 5.82 Å². The summed E-state index contributed by atoms with van der Waals surface area (Å²) in [4.78, 5) is 0.690. The number of sulfonamides is 1. The second kappa shape index (κ2) is 5.10. The van der Waals surface area contributed by atoms with Gasteiger partial charge in [0, 0.05) is 10.9 Å².